The molecule has 0 atom stereocenters. The molecule has 1 aromatic carbocycles. The number of halogens is 1. The lowest BCUT2D eigenvalue weighted by Gasteiger charge is -2.33. The average Bonchev–Trinajstić information content (AvgIpc) is 2.09. The molecule has 0 spiro atoms. The molecule has 0 saturated carbocycles. The summed E-state index contributed by atoms with van der Waals surface area (Å²) in [6.45, 7) is 9.74. The van der Waals surface area contributed by atoms with Crippen LogP contribution in [0.25, 0.3) is 0 Å². The summed E-state index contributed by atoms with van der Waals surface area (Å²) in [7, 11) is -3.78. The summed E-state index contributed by atoms with van der Waals surface area (Å²) in [5.74, 6) is -0.560. The molecule has 0 aliphatic carbocycles. The Kier molecular flexibility index (Phi) is 4.51. The Bertz CT molecular complexity index is 590. The zero-order valence-electron chi connectivity index (χ0n) is 12.6. The van der Waals surface area contributed by atoms with Crippen LogP contribution in [0.15, 0.2) is 23.1 Å². The molecule has 0 aliphatic rings. The molecule has 0 amide bonds. The third-order valence-corrected chi connectivity index (χ3v) is 4.42. The quantitative estimate of drug-likeness (QED) is 0.840. The van der Waals surface area contributed by atoms with E-state index in [-0.39, 0.29) is 16.0 Å². The molecule has 20 heavy (non-hydrogen) atoms. The van der Waals surface area contributed by atoms with Crippen molar-refractivity contribution in [3.05, 3.63) is 24.0 Å². The number of hydrogen-bond donors (Lipinski definition) is 2. The van der Waals surface area contributed by atoms with Crippen LogP contribution in [0.3, 0.4) is 0 Å². The van der Waals surface area contributed by atoms with Crippen LogP contribution in [-0.4, -0.2) is 14.0 Å². The van der Waals surface area contributed by atoms with Crippen molar-refractivity contribution < 1.29 is 12.8 Å². The number of anilines is 1. The summed E-state index contributed by atoms with van der Waals surface area (Å²) in [6, 6.07) is 3.27. The second-order valence-corrected chi connectivity index (χ2v) is 8.56. The fraction of sp³-hybridized carbons (Fsp3) is 0.571. The molecule has 0 fully saturated rings. The number of nitrogen functional groups attached to an aromatic ring is 1. The third kappa shape index (κ3) is 4.76. The lowest BCUT2D eigenvalue weighted by atomic mass is 9.82. The van der Waals surface area contributed by atoms with Gasteiger partial charge in [-0.15, -0.1) is 0 Å². The van der Waals surface area contributed by atoms with Gasteiger partial charge in [-0.05, 0) is 43.9 Å². The molecule has 3 N–H and O–H groups in total. The van der Waals surface area contributed by atoms with Gasteiger partial charge in [0.15, 0.2) is 0 Å². The first-order valence-electron chi connectivity index (χ1n) is 6.41. The number of nitrogens with one attached hydrogen (secondary N) is 1. The van der Waals surface area contributed by atoms with Crippen molar-refractivity contribution in [2.24, 2.45) is 5.41 Å². The van der Waals surface area contributed by atoms with Gasteiger partial charge in [-0.25, -0.2) is 17.5 Å². The fourth-order valence-electron chi connectivity index (χ4n) is 2.54. The van der Waals surface area contributed by atoms with Crippen LogP contribution < -0.4 is 10.5 Å². The number of sulfonamides is 1. The SMILES string of the molecule is CC(C)(C)CC(C)(C)NS(=O)(=O)c1ccc(F)cc1N. The van der Waals surface area contributed by atoms with Crippen LogP contribution in [0.4, 0.5) is 10.1 Å². The topological polar surface area (TPSA) is 72.2 Å². The van der Waals surface area contributed by atoms with Crippen molar-refractivity contribution >= 4 is 15.7 Å². The van der Waals surface area contributed by atoms with Crippen molar-refractivity contribution in [2.45, 2.75) is 51.5 Å². The van der Waals surface area contributed by atoms with Gasteiger partial charge >= 0.3 is 0 Å². The van der Waals surface area contributed by atoms with Crippen LogP contribution in [0.1, 0.15) is 41.0 Å². The Labute approximate surface area is 120 Å². The van der Waals surface area contributed by atoms with E-state index >= 15 is 0 Å². The minimum absolute atomic E-state index is 0.0274. The van der Waals surface area contributed by atoms with E-state index in [1.54, 1.807) is 0 Å². The number of hydrogen-bond acceptors (Lipinski definition) is 3. The standard InChI is InChI=1S/C14H23FN2O2S/c1-13(2,3)9-14(4,5)17-20(18,19)12-7-6-10(15)8-11(12)16/h6-8,17H,9,16H2,1-5H3. The normalized spacial score (nSPS) is 13.5. The molecule has 1 aromatic rings. The maximum Gasteiger partial charge on any atom is 0.243 e. The molecule has 114 valence electrons. The number of nitrogens with two attached hydrogens (primary N) is 1. The maximum absolute atomic E-state index is 13.0. The van der Waals surface area contributed by atoms with Gasteiger partial charge in [-0.3, -0.25) is 0 Å². The zero-order chi connectivity index (χ0) is 15.8. The minimum atomic E-state index is -3.78. The van der Waals surface area contributed by atoms with Crippen LogP contribution in [0.5, 0.6) is 0 Å². The van der Waals surface area contributed by atoms with Crippen molar-refractivity contribution in [2.75, 3.05) is 5.73 Å². The highest BCUT2D eigenvalue weighted by Gasteiger charge is 2.31. The second kappa shape index (κ2) is 5.33. The lowest BCUT2D eigenvalue weighted by molar-refractivity contribution is 0.269. The first-order valence-corrected chi connectivity index (χ1v) is 7.90. The summed E-state index contributed by atoms with van der Waals surface area (Å²) < 4.78 is 40.3. The first kappa shape index (κ1) is 16.9. The molecule has 0 heterocycles. The van der Waals surface area contributed by atoms with Crippen LogP contribution in [-0.2, 0) is 10.0 Å². The maximum atomic E-state index is 13.0. The van der Waals surface area contributed by atoms with Gasteiger partial charge in [0.1, 0.15) is 10.7 Å². The van der Waals surface area contributed by atoms with Crippen LogP contribution in [0.2, 0.25) is 0 Å². The van der Waals surface area contributed by atoms with Gasteiger partial charge in [-0.1, -0.05) is 20.8 Å². The van der Waals surface area contributed by atoms with E-state index < -0.39 is 21.4 Å². The van der Waals surface area contributed by atoms with Gasteiger partial charge in [0, 0.05) is 5.54 Å². The number of rotatable bonds is 4. The molecular formula is C14H23FN2O2S. The molecule has 0 aliphatic heterocycles. The van der Waals surface area contributed by atoms with E-state index in [0.29, 0.717) is 6.42 Å². The van der Waals surface area contributed by atoms with E-state index in [0.717, 1.165) is 12.1 Å². The third-order valence-electron chi connectivity index (χ3n) is 2.64. The highest BCUT2D eigenvalue weighted by molar-refractivity contribution is 7.89. The summed E-state index contributed by atoms with van der Waals surface area (Å²) >= 11 is 0. The smallest absolute Gasteiger partial charge is 0.243 e. The molecule has 0 saturated heterocycles. The van der Waals surface area contributed by atoms with Gasteiger partial charge < -0.3 is 5.73 Å². The Hall–Kier alpha value is -1.14. The predicted octanol–water partition coefficient (Wildman–Crippen LogP) is 2.90. The van der Waals surface area contributed by atoms with Gasteiger partial charge in [0.05, 0.1) is 5.69 Å². The molecule has 0 bridgehead atoms. The first-order chi connectivity index (χ1) is 8.82. The van der Waals surface area contributed by atoms with E-state index in [2.05, 4.69) is 4.72 Å². The zero-order valence-corrected chi connectivity index (χ0v) is 13.4. The molecule has 6 heteroatoms. The van der Waals surface area contributed by atoms with E-state index in [4.69, 9.17) is 5.73 Å². The second-order valence-electron chi connectivity index (χ2n) is 6.91. The molecule has 4 nitrogen and oxygen atoms in total. The fourth-order valence-corrected chi connectivity index (χ4v) is 4.07. The summed E-state index contributed by atoms with van der Waals surface area (Å²) in [5, 5.41) is 0. The Morgan fingerprint density at radius 2 is 1.75 bits per heavy atom. The monoisotopic (exact) mass is 302 g/mol. The molecular weight excluding hydrogens is 279 g/mol. The minimum Gasteiger partial charge on any atom is -0.398 e. The predicted molar refractivity (Wildman–Crippen MR) is 79.3 cm³/mol. The molecule has 1 rings (SSSR count). The van der Waals surface area contributed by atoms with Gasteiger partial charge in [0.2, 0.25) is 10.0 Å². The van der Waals surface area contributed by atoms with Gasteiger partial charge in [0.25, 0.3) is 0 Å². The van der Waals surface area contributed by atoms with E-state index in [1.165, 1.54) is 6.07 Å². The Balaban J connectivity index is 3.06. The van der Waals surface area contributed by atoms with Crippen LogP contribution >= 0.6 is 0 Å². The summed E-state index contributed by atoms with van der Waals surface area (Å²) in [6.07, 6.45) is 0.653. The van der Waals surface area contributed by atoms with Crippen molar-refractivity contribution in [3.63, 3.8) is 0 Å². The largest absolute Gasteiger partial charge is 0.398 e. The molecule has 0 unspecified atom stereocenters. The average molecular weight is 302 g/mol. The number of benzene rings is 1. The van der Waals surface area contributed by atoms with Crippen molar-refractivity contribution in [3.8, 4) is 0 Å². The van der Waals surface area contributed by atoms with E-state index in [9.17, 15) is 12.8 Å². The summed E-state index contributed by atoms with van der Waals surface area (Å²) in [4.78, 5) is -0.0964. The highest BCUT2D eigenvalue weighted by Crippen LogP contribution is 2.29. The molecule has 0 aromatic heterocycles. The Morgan fingerprint density at radius 3 is 2.20 bits per heavy atom. The van der Waals surface area contributed by atoms with Crippen LogP contribution in [0, 0.1) is 11.2 Å². The lowest BCUT2D eigenvalue weighted by Crippen LogP contribution is -2.45. The van der Waals surface area contributed by atoms with Crippen molar-refractivity contribution in [1.82, 2.24) is 4.72 Å². The Morgan fingerprint density at radius 1 is 1.20 bits per heavy atom. The van der Waals surface area contributed by atoms with Gasteiger partial charge in [-0.2, -0.15) is 0 Å². The summed E-state index contributed by atoms with van der Waals surface area (Å²) in [5.41, 5.74) is 4.85. The van der Waals surface area contributed by atoms with Crippen molar-refractivity contribution in [1.29, 1.82) is 0 Å². The van der Waals surface area contributed by atoms with E-state index in [1.807, 2.05) is 34.6 Å². The highest BCUT2D eigenvalue weighted by atomic mass is 32.2. The molecule has 0 radical (unpaired) electrons.